The average Bonchev–Trinajstić information content (AvgIpc) is 2.76. The summed E-state index contributed by atoms with van der Waals surface area (Å²) in [5.74, 6) is 0.352. The van der Waals surface area contributed by atoms with Crippen molar-refractivity contribution in [2.24, 2.45) is 0 Å². The number of halogens is 1. The first kappa shape index (κ1) is 20.1. The number of aryl methyl sites for hydroxylation is 1. The number of carbonyl (C=O) groups is 1. The van der Waals surface area contributed by atoms with Crippen LogP contribution in [0.3, 0.4) is 0 Å². The normalized spacial score (nSPS) is 10.9. The number of benzene rings is 3. The van der Waals surface area contributed by atoms with Crippen LogP contribution in [-0.2, 0) is 6.42 Å². The van der Waals surface area contributed by atoms with E-state index in [0.717, 1.165) is 21.0 Å². The van der Waals surface area contributed by atoms with E-state index >= 15 is 0 Å². The fourth-order valence-electron chi connectivity index (χ4n) is 3.34. The fraction of sp³-hybridized carbons (Fsp3) is 0.120. The van der Waals surface area contributed by atoms with E-state index < -0.39 is 0 Å². The molecule has 0 aliphatic rings. The lowest BCUT2D eigenvalue weighted by Crippen LogP contribution is -2.12. The van der Waals surface area contributed by atoms with Gasteiger partial charge in [0.15, 0.2) is 12.4 Å². The highest BCUT2D eigenvalue weighted by molar-refractivity contribution is 9.10. The van der Waals surface area contributed by atoms with Gasteiger partial charge in [0.2, 0.25) is 0 Å². The predicted octanol–water partition coefficient (Wildman–Crippen LogP) is 5.72. The van der Waals surface area contributed by atoms with Crippen LogP contribution in [0.4, 0.5) is 0 Å². The van der Waals surface area contributed by atoms with E-state index in [1.807, 2.05) is 55.5 Å². The summed E-state index contributed by atoms with van der Waals surface area (Å²) in [4.78, 5) is 24.9. The number of hydrogen-bond acceptors (Lipinski definition) is 4. The Morgan fingerprint density at radius 2 is 1.73 bits per heavy atom. The van der Waals surface area contributed by atoms with Gasteiger partial charge >= 0.3 is 5.63 Å². The van der Waals surface area contributed by atoms with Gasteiger partial charge in [-0.05, 0) is 42.3 Å². The Labute approximate surface area is 182 Å². The lowest BCUT2D eigenvalue weighted by atomic mass is 10.00. The summed E-state index contributed by atoms with van der Waals surface area (Å²) in [5.41, 5.74) is 3.26. The van der Waals surface area contributed by atoms with Gasteiger partial charge in [0, 0.05) is 33.5 Å². The molecule has 0 aliphatic carbocycles. The summed E-state index contributed by atoms with van der Waals surface area (Å²) in [5, 5.41) is 0.854. The number of hydrogen-bond donors (Lipinski definition) is 0. The van der Waals surface area contributed by atoms with E-state index in [4.69, 9.17) is 9.15 Å². The standard InChI is InChI=1S/C25H19BrO4/c1-16-21-12-11-20(29-15-23(27)18-7-9-19(26)10-8-18)14-24(21)30-25(28)22(16)13-17-5-3-2-4-6-17/h2-12,14H,13,15H2,1H3. The number of rotatable bonds is 6. The molecule has 1 heterocycles. The molecule has 0 amide bonds. The molecule has 3 aromatic carbocycles. The monoisotopic (exact) mass is 462 g/mol. The van der Waals surface area contributed by atoms with Gasteiger partial charge in [-0.2, -0.15) is 0 Å². The van der Waals surface area contributed by atoms with Crippen LogP contribution in [0.1, 0.15) is 27.0 Å². The molecule has 1 aromatic heterocycles. The second-order valence-corrected chi connectivity index (χ2v) is 7.95. The Bertz CT molecular complexity index is 1260. The van der Waals surface area contributed by atoms with Crippen LogP contribution >= 0.6 is 15.9 Å². The third kappa shape index (κ3) is 4.36. The van der Waals surface area contributed by atoms with Crippen LogP contribution in [0.5, 0.6) is 5.75 Å². The van der Waals surface area contributed by atoms with Gasteiger partial charge in [-0.3, -0.25) is 4.79 Å². The summed E-state index contributed by atoms with van der Waals surface area (Å²) in [6.45, 7) is 1.83. The Balaban J connectivity index is 1.55. The zero-order valence-corrected chi connectivity index (χ0v) is 17.9. The minimum absolute atomic E-state index is 0.0948. The molecule has 0 atom stereocenters. The van der Waals surface area contributed by atoms with Crippen LogP contribution in [0.2, 0.25) is 0 Å². The van der Waals surface area contributed by atoms with Crippen LogP contribution in [-0.4, -0.2) is 12.4 Å². The number of Topliss-reactive ketones (excluding diaryl/α,β-unsaturated/α-hetero) is 1. The summed E-state index contributed by atoms with van der Waals surface area (Å²) in [6, 6.07) is 22.2. The van der Waals surface area contributed by atoms with Crippen molar-refractivity contribution in [3.05, 3.63) is 110 Å². The van der Waals surface area contributed by atoms with Gasteiger partial charge in [0.25, 0.3) is 0 Å². The van der Waals surface area contributed by atoms with Crippen molar-refractivity contribution < 1.29 is 13.9 Å². The van der Waals surface area contributed by atoms with Crippen LogP contribution in [0.15, 0.2) is 86.5 Å². The van der Waals surface area contributed by atoms with Gasteiger partial charge in [-0.1, -0.05) is 58.4 Å². The summed E-state index contributed by atoms with van der Waals surface area (Å²) < 4.78 is 12.1. The average molecular weight is 463 g/mol. The van der Waals surface area contributed by atoms with E-state index in [9.17, 15) is 9.59 Å². The first-order valence-corrected chi connectivity index (χ1v) is 10.3. The Morgan fingerprint density at radius 3 is 2.47 bits per heavy atom. The van der Waals surface area contributed by atoms with Crippen LogP contribution in [0, 0.1) is 6.92 Å². The smallest absolute Gasteiger partial charge is 0.340 e. The highest BCUT2D eigenvalue weighted by Gasteiger charge is 2.13. The molecule has 0 bridgehead atoms. The van der Waals surface area contributed by atoms with E-state index in [0.29, 0.717) is 28.9 Å². The lowest BCUT2D eigenvalue weighted by Gasteiger charge is -2.10. The third-order valence-electron chi connectivity index (χ3n) is 5.02. The van der Waals surface area contributed by atoms with Crippen LogP contribution < -0.4 is 10.4 Å². The zero-order valence-electron chi connectivity index (χ0n) is 16.4. The van der Waals surface area contributed by atoms with Crippen LogP contribution in [0.25, 0.3) is 11.0 Å². The maximum Gasteiger partial charge on any atom is 0.340 e. The molecule has 0 saturated heterocycles. The van der Waals surface area contributed by atoms with Crippen molar-refractivity contribution in [2.45, 2.75) is 13.3 Å². The Kier molecular flexibility index (Phi) is 5.81. The molecule has 0 unspecified atom stereocenters. The molecule has 0 aliphatic heterocycles. The minimum atomic E-state index is -0.355. The zero-order chi connectivity index (χ0) is 21.1. The molecule has 150 valence electrons. The second-order valence-electron chi connectivity index (χ2n) is 7.03. The quantitative estimate of drug-likeness (QED) is 0.271. The van der Waals surface area contributed by atoms with E-state index in [1.54, 1.807) is 24.3 Å². The van der Waals surface area contributed by atoms with E-state index in [1.165, 1.54) is 0 Å². The van der Waals surface area contributed by atoms with E-state index in [2.05, 4.69) is 15.9 Å². The van der Waals surface area contributed by atoms with Gasteiger partial charge < -0.3 is 9.15 Å². The van der Waals surface area contributed by atoms with Crippen molar-refractivity contribution in [2.75, 3.05) is 6.61 Å². The topological polar surface area (TPSA) is 56.5 Å². The van der Waals surface area contributed by atoms with Crippen molar-refractivity contribution in [3.8, 4) is 5.75 Å². The summed E-state index contributed by atoms with van der Waals surface area (Å²) in [7, 11) is 0. The molecule has 4 rings (SSSR count). The first-order valence-electron chi connectivity index (χ1n) is 9.53. The maximum absolute atomic E-state index is 12.6. The minimum Gasteiger partial charge on any atom is -0.485 e. The van der Waals surface area contributed by atoms with Crippen molar-refractivity contribution in [1.29, 1.82) is 0 Å². The predicted molar refractivity (Wildman–Crippen MR) is 120 cm³/mol. The molecule has 4 nitrogen and oxygen atoms in total. The number of ketones is 1. The molecule has 0 spiro atoms. The molecular formula is C25H19BrO4. The number of carbonyl (C=O) groups excluding carboxylic acids is 1. The number of ether oxygens (including phenoxy) is 1. The molecule has 30 heavy (non-hydrogen) atoms. The van der Waals surface area contributed by atoms with Crippen molar-refractivity contribution in [1.82, 2.24) is 0 Å². The Morgan fingerprint density at radius 1 is 1.00 bits per heavy atom. The highest BCUT2D eigenvalue weighted by Crippen LogP contribution is 2.25. The molecule has 0 radical (unpaired) electrons. The van der Waals surface area contributed by atoms with Gasteiger partial charge in [0.1, 0.15) is 11.3 Å². The fourth-order valence-corrected chi connectivity index (χ4v) is 3.60. The third-order valence-corrected chi connectivity index (χ3v) is 5.55. The number of fused-ring (bicyclic) bond motifs is 1. The lowest BCUT2D eigenvalue weighted by molar-refractivity contribution is 0.0921. The second kappa shape index (κ2) is 8.67. The molecule has 0 saturated carbocycles. The Hall–Kier alpha value is -3.18. The molecule has 0 fully saturated rings. The SMILES string of the molecule is Cc1c(Cc2ccccc2)c(=O)oc2cc(OCC(=O)c3ccc(Br)cc3)ccc12. The molecule has 5 heteroatoms. The van der Waals surface area contributed by atoms with Crippen molar-refractivity contribution >= 4 is 32.7 Å². The summed E-state index contributed by atoms with van der Waals surface area (Å²) in [6.07, 6.45) is 0.519. The first-order chi connectivity index (χ1) is 14.5. The van der Waals surface area contributed by atoms with Gasteiger partial charge in [0.05, 0.1) is 0 Å². The van der Waals surface area contributed by atoms with Gasteiger partial charge in [-0.25, -0.2) is 4.79 Å². The largest absolute Gasteiger partial charge is 0.485 e. The molecular weight excluding hydrogens is 444 g/mol. The maximum atomic E-state index is 12.6. The van der Waals surface area contributed by atoms with Crippen molar-refractivity contribution in [3.63, 3.8) is 0 Å². The van der Waals surface area contributed by atoms with Gasteiger partial charge in [-0.15, -0.1) is 0 Å². The molecule has 0 N–H and O–H groups in total. The highest BCUT2D eigenvalue weighted by atomic mass is 79.9. The van der Waals surface area contributed by atoms with E-state index in [-0.39, 0.29) is 18.0 Å². The summed E-state index contributed by atoms with van der Waals surface area (Å²) >= 11 is 3.35. The molecule has 4 aromatic rings.